The van der Waals surface area contributed by atoms with Crippen molar-refractivity contribution in [1.82, 2.24) is 5.32 Å². The van der Waals surface area contributed by atoms with Gasteiger partial charge in [0.15, 0.2) is 0 Å². The van der Waals surface area contributed by atoms with Gasteiger partial charge in [0, 0.05) is 12.2 Å². The summed E-state index contributed by atoms with van der Waals surface area (Å²) in [5.41, 5.74) is 9.33. The lowest BCUT2D eigenvalue weighted by Gasteiger charge is -2.43. The largest absolute Gasteiger partial charge is 0.387 e. The first kappa shape index (κ1) is 22.2. The molecule has 0 saturated carbocycles. The van der Waals surface area contributed by atoms with Crippen LogP contribution in [0.2, 0.25) is 0 Å². The van der Waals surface area contributed by atoms with Gasteiger partial charge in [0.25, 0.3) is 0 Å². The molecule has 5 rings (SSSR count). The van der Waals surface area contributed by atoms with Gasteiger partial charge in [-0.05, 0) is 65.5 Å². The van der Waals surface area contributed by atoms with Crippen LogP contribution in [0.3, 0.4) is 0 Å². The summed E-state index contributed by atoms with van der Waals surface area (Å²) in [5.74, 6) is 0. The van der Waals surface area contributed by atoms with Gasteiger partial charge in [-0.2, -0.15) is 0 Å². The van der Waals surface area contributed by atoms with Crippen molar-refractivity contribution >= 4 is 0 Å². The molecule has 0 aromatic heterocycles. The van der Waals surface area contributed by atoms with Crippen molar-refractivity contribution in [3.05, 3.63) is 155 Å². The molecule has 1 heteroatoms. The maximum Gasteiger partial charge on any atom is 0.0597 e. The van der Waals surface area contributed by atoms with Crippen molar-refractivity contribution in [1.29, 1.82) is 0 Å². The van der Waals surface area contributed by atoms with Gasteiger partial charge in [0.1, 0.15) is 0 Å². The molecule has 0 unspecified atom stereocenters. The number of allylic oxidation sites excluding steroid dienone is 1. The zero-order valence-corrected chi connectivity index (χ0v) is 19.8. The summed E-state index contributed by atoms with van der Waals surface area (Å²) in [5, 5.41) is 3.78. The molecule has 1 aliphatic carbocycles. The molecule has 0 atom stereocenters. The highest BCUT2D eigenvalue weighted by atomic mass is 14.9. The predicted molar refractivity (Wildman–Crippen MR) is 143 cm³/mol. The van der Waals surface area contributed by atoms with E-state index < -0.39 is 0 Å². The summed E-state index contributed by atoms with van der Waals surface area (Å²) >= 11 is 0. The van der Waals surface area contributed by atoms with Crippen LogP contribution in [-0.4, -0.2) is 6.54 Å². The van der Waals surface area contributed by atoms with Crippen LogP contribution in [0.1, 0.15) is 46.2 Å². The van der Waals surface area contributed by atoms with E-state index in [1.54, 1.807) is 0 Å². The fourth-order valence-corrected chi connectivity index (χ4v) is 5.63. The van der Waals surface area contributed by atoms with Crippen LogP contribution in [0.5, 0.6) is 0 Å². The second kappa shape index (κ2) is 10.1. The van der Waals surface area contributed by atoms with Crippen molar-refractivity contribution in [2.24, 2.45) is 0 Å². The second-order valence-corrected chi connectivity index (χ2v) is 9.38. The molecular formula is C33H33N. The van der Waals surface area contributed by atoms with Crippen LogP contribution in [0.15, 0.2) is 121 Å². The van der Waals surface area contributed by atoms with E-state index in [1.165, 1.54) is 33.4 Å². The molecule has 1 aliphatic rings. The highest BCUT2D eigenvalue weighted by Gasteiger charge is 2.42. The normalized spacial score (nSPS) is 13.5. The zero-order valence-electron chi connectivity index (χ0n) is 19.8. The quantitative estimate of drug-likeness (QED) is 0.287. The Morgan fingerprint density at radius 2 is 1.15 bits per heavy atom. The highest BCUT2D eigenvalue weighted by Crippen LogP contribution is 2.48. The van der Waals surface area contributed by atoms with Gasteiger partial charge in [-0.1, -0.05) is 116 Å². The first-order valence-electron chi connectivity index (χ1n) is 12.5. The fraction of sp³-hybridized carbons (Fsp3) is 0.212. The van der Waals surface area contributed by atoms with Gasteiger partial charge in [-0.15, -0.1) is 0 Å². The van der Waals surface area contributed by atoms with E-state index in [4.69, 9.17) is 6.58 Å². The van der Waals surface area contributed by atoms with Crippen LogP contribution < -0.4 is 5.32 Å². The number of fused-ring (bicyclic) bond motifs is 2. The van der Waals surface area contributed by atoms with E-state index in [1.807, 2.05) is 0 Å². The van der Waals surface area contributed by atoms with Gasteiger partial charge in [-0.25, -0.2) is 0 Å². The van der Waals surface area contributed by atoms with Gasteiger partial charge in [0.05, 0.1) is 5.41 Å². The Morgan fingerprint density at radius 3 is 1.74 bits per heavy atom. The van der Waals surface area contributed by atoms with Gasteiger partial charge in [-0.3, -0.25) is 0 Å². The first-order chi connectivity index (χ1) is 16.8. The summed E-state index contributed by atoms with van der Waals surface area (Å²) < 4.78 is 0. The molecule has 0 fully saturated rings. The summed E-state index contributed by atoms with van der Waals surface area (Å²) in [4.78, 5) is 0. The summed E-state index contributed by atoms with van der Waals surface area (Å²) in [6.45, 7) is 5.58. The molecule has 0 radical (unpaired) electrons. The SMILES string of the molecule is C=C(NCCc1ccccc1)C1(CCCc2ccccc2)c2ccccc2Cc2ccccc21. The molecule has 34 heavy (non-hydrogen) atoms. The number of benzene rings is 4. The minimum atomic E-state index is -0.225. The molecule has 170 valence electrons. The molecule has 0 heterocycles. The summed E-state index contributed by atoms with van der Waals surface area (Å²) in [7, 11) is 0. The maximum absolute atomic E-state index is 4.69. The molecule has 4 aromatic carbocycles. The van der Waals surface area contributed by atoms with Crippen LogP contribution in [0.25, 0.3) is 0 Å². The van der Waals surface area contributed by atoms with E-state index >= 15 is 0 Å². The average molecular weight is 444 g/mol. The Labute approximate surface area is 204 Å². The van der Waals surface area contributed by atoms with Crippen molar-refractivity contribution < 1.29 is 0 Å². The Morgan fingerprint density at radius 1 is 0.647 bits per heavy atom. The molecule has 0 saturated heterocycles. The zero-order chi connectivity index (χ0) is 23.2. The van der Waals surface area contributed by atoms with E-state index in [-0.39, 0.29) is 5.41 Å². The molecule has 1 nitrogen and oxygen atoms in total. The molecule has 0 amide bonds. The minimum Gasteiger partial charge on any atom is -0.387 e. The smallest absolute Gasteiger partial charge is 0.0597 e. The lowest BCUT2D eigenvalue weighted by atomic mass is 9.62. The number of aryl methyl sites for hydroxylation is 1. The van der Waals surface area contributed by atoms with Crippen molar-refractivity contribution in [2.45, 2.75) is 37.5 Å². The number of rotatable bonds is 9. The third kappa shape index (κ3) is 4.43. The predicted octanol–water partition coefficient (Wildman–Crippen LogP) is 7.25. The lowest BCUT2D eigenvalue weighted by molar-refractivity contribution is 0.476. The standard InChI is InChI=1S/C33H33N/c1-26(34-24-22-28-15-6-3-7-16-28)33(23-12-17-27-13-4-2-5-14-27)31-20-10-8-18-29(31)25-30-19-9-11-21-32(30)33/h2-11,13-16,18-21,34H,1,12,17,22-25H2. The van der Waals surface area contributed by atoms with E-state index in [0.717, 1.165) is 44.3 Å². The number of hydrogen-bond donors (Lipinski definition) is 1. The second-order valence-electron chi connectivity index (χ2n) is 9.38. The minimum absolute atomic E-state index is 0.225. The van der Waals surface area contributed by atoms with Crippen LogP contribution in [-0.2, 0) is 24.7 Å². The Bertz CT molecular complexity index is 1190. The van der Waals surface area contributed by atoms with Crippen molar-refractivity contribution in [3.8, 4) is 0 Å². The monoisotopic (exact) mass is 443 g/mol. The third-order valence-corrected chi connectivity index (χ3v) is 7.31. The molecule has 1 N–H and O–H groups in total. The molecular weight excluding hydrogens is 410 g/mol. The third-order valence-electron chi connectivity index (χ3n) is 7.31. The van der Waals surface area contributed by atoms with Gasteiger partial charge in [0.2, 0.25) is 0 Å². The topological polar surface area (TPSA) is 12.0 Å². The lowest BCUT2D eigenvalue weighted by Crippen LogP contribution is -2.41. The van der Waals surface area contributed by atoms with Gasteiger partial charge >= 0.3 is 0 Å². The molecule has 4 aromatic rings. The number of nitrogens with one attached hydrogen (secondary N) is 1. The molecule has 0 bridgehead atoms. The fourth-order valence-electron chi connectivity index (χ4n) is 5.63. The van der Waals surface area contributed by atoms with Crippen LogP contribution in [0.4, 0.5) is 0 Å². The Hall–Kier alpha value is -3.58. The van der Waals surface area contributed by atoms with E-state index in [0.29, 0.717) is 0 Å². The van der Waals surface area contributed by atoms with Crippen molar-refractivity contribution in [2.75, 3.05) is 6.54 Å². The van der Waals surface area contributed by atoms with E-state index in [2.05, 4.69) is 115 Å². The average Bonchev–Trinajstić information content (AvgIpc) is 2.89. The van der Waals surface area contributed by atoms with Crippen LogP contribution in [0, 0.1) is 0 Å². The first-order valence-corrected chi connectivity index (χ1v) is 12.5. The van der Waals surface area contributed by atoms with Crippen LogP contribution >= 0.6 is 0 Å². The molecule has 0 aliphatic heterocycles. The summed E-state index contributed by atoms with van der Waals surface area (Å²) in [6, 6.07) is 39.5. The maximum atomic E-state index is 4.69. The highest BCUT2D eigenvalue weighted by molar-refractivity contribution is 5.58. The molecule has 0 spiro atoms. The van der Waals surface area contributed by atoms with Gasteiger partial charge < -0.3 is 5.32 Å². The Kier molecular flexibility index (Phi) is 6.62. The summed E-state index contributed by atoms with van der Waals surface area (Å²) in [6.07, 6.45) is 5.19. The van der Waals surface area contributed by atoms with Crippen molar-refractivity contribution in [3.63, 3.8) is 0 Å². The Balaban J connectivity index is 1.47. The van der Waals surface area contributed by atoms with E-state index in [9.17, 15) is 0 Å². The number of hydrogen-bond acceptors (Lipinski definition) is 1.